The summed E-state index contributed by atoms with van der Waals surface area (Å²) in [4.78, 5) is 23.7. The van der Waals surface area contributed by atoms with Crippen LogP contribution < -0.4 is 15.6 Å². The van der Waals surface area contributed by atoms with Gasteiger partial charge in [0.15, 0.2) is 6.61 Å². The van der Waals surface area contributed by atoms with Gasteiger partial charge in [0, 0.05) is 10.5 Å². The molecule has 148 valence electrons. The van der Waals surface area contributed by atoms with E-state index in [0.29, 0.717) is 11.3 Å². The van der Waals surface area contributed by atoms with Gasteiger partial charge in [-0.2, -0.15) is 0 Å². The molecule has 0 spiro atoms. The molecule has 8 heteroatoms. The number of halogens is 3. The molecule has 0 atom stereocenters. The lowest BCUT2D eigenvalue weighted by Crippen LogP contribution is -2.43. The van der Waals surface area contributed by atoms with Gasteiger partial charge in [0.05, 0.1) is 4.47 Å². The highest BCUT2D eigenvalue weighted by Gasteiger charge is 2.09. The lowest BCUT2D eigenvalue weighted by molar-refractivity contribution is -0.128. The number of nitrogens with one attached hydrogen (secondary N) is 2. The van der Waals surface area contributed by atoms with Crippen molar-refractivity contribution in [2.24, 2.45) is 0 Å². The first-order valence-corrected chi connectivity index (χ1v) is 10.0. The highest BCUT2D eigenvalue weighted by molar-refractivity contribution is 9.11. The highest BCUT2D eigenvalue weighted by Crippen LogP contribution is 2.34. The van der Waals surface area contributed by atoms with Gasteiger partial charge in [-0.15, -0.1) is 0 Å². The molecule has 2 N–H and O–H groups in total. The SMILES string of the molecule is O=C(C=Cc1ccc(F)cc1)NNC(=O)COc1ccc2cc(Br)ccc2c1Br. The molecule has 0 radical (unpaired) electrons. The molecule has 2 amide bonds. The Morgan fingerprint density at radius 2 is 1.76 bits per heavy atom. The second-order valence-electron chi connectivity index (χ2n) is 5.95. The number of benzene rings is 3. The molecule has 0 aliphatic heterocycles. The number of hydrogen-bond donors (Lipinski definition) is 2. The maximum Gasteiger partial charge on any atom is 0.276 e. The third-order valence-electron chi connectivity index (χ3n) is 3.86. The van der Waals surface area contributed by atoms with E-state index in [-0.39, 0.29) is 12.4 Å². The normalized spacial score (nSPS) is 10.9. The van der Waals surface area contributed by atoms with E-state index >= 15 is 0 Å². The van der Waals surface area contributed by atoms with Crippen molar-refractivity contribution in [1.82, 2.24) is 10.9 Å². The number of ether oxygens (including phenoxy) is 1. The van der Waals surface area contributed by atoms with Gasteiger partial charge in [0.1, 0.15) is 11.6 Å². The van der Waals surface area contributed by atoms with Crippen LogP contribution in [-0.4, -0.2) is 18.4 Å². The van der Waals surface area contributed by atoms with Crippen molar-refractivity contribution in [3.63, 3.8) is 0 Å². The van der Waals surface area contributed by atoms with Crippen molar-refractivity contribution >= 4 is 60.5 Å². The summed E-state index contributed by atoms with van der Waals surface area (Å²) in [6.45, 7) is -0.275. The van der Waals surface area contributed by atoms with Crippen molar-refractivity contribution in [2.75, 3.05) is 6.61 Å². The largest absolute Gasteiger partial charge is 0.483 e. The third kappa shape index (κ3) is 5.88. The van der Waals surface area contributed by atoms with Crippen molar-refractivity contribution in [1.29, 1.82) is 0 Å². The highest BCUT2D eigenvalue weighted by atomic mass is 79.9. The Labute approximate surface area is 183 Å². The van der Waals surface area contributed by atoms with Crippen molar-refractivity contribution in [3.8, 4) is 5.75 Å². The molecule has 29 heavy (non-hydrogen) atoms. The number of amides is 2. The first-order valence-electron chi connectivity index (χ1n) is 8.45. The van der Waals surface area contributed by atoms with Crippen LogP contribution in [0.4, 0.5) is 4.39 Å². The number of rotatable bonds is 5. The van der Waals surface area contributed by atoms with Crippen LogP contribution in [0.15, 0.2) is 69.6 Å². The van der Waals surface area contributed by atoms with Gasteiger partial charge in [-0.3, -0.25) is 20.4 Å². The van der Waals surface area contributed by atoms with Crippen LogP contribution in [0.5, 0.6) is 5.75 Å². The molecule has 5 nitrogen and oxygen atoms in total. The summed E-state index contributed by atoms with van der Waals surface area (Å²) < 4.78 is 20.1. The fourth-order valence-corrected chi connectivity index (χ4v) is 3.44. The maximum absolute atomic E-state index is 12.8. The number of hydrazine groups is 1. The molecule has 0 saturated heterocycles. The van der Waals surface area contributed by atoms with Gasteiger partial charge < -0.3 is 4.74 Å². The third-order valence-corrected chi connectivity index (χ3v) is 5.17. The van der Waals surface area contributed by atoms with Crippen LogP contribution >= 0.6 is 31.9 Å². The van der Waals surface area contributed by atoms with Crippen LogP contribution in [0, 0.1) is 5.82 Å². The predicted molar refractivity (Wildman–Crippen MR) is 117 cm³/mol. The topological polar surface area (TPSA) is 67.4 Å². The maximum atomic E-state index is 12.8. The Bertz CT molecular complexity index is 1090. The van der Waals surface area contributed by atoms with Crippen LogP contribution in [0.2, 0.25) is 0 Å². The number of carbonyl (C=O) groups excluding carboxylic acids is 2. The average Bonchev–Trinajstić information content (AvgIpc) is 2.71. The van der Waals surface area contributed by atoms with E-state index in [9.17, 15) is 14.0 Å². The summed E-state index contributed by atoms with van der Waals surface area (Å²) in [6.07, 6.45) is 2.73. The molecular weight excluding hydrogens is 507 g/mol. The molecule has 0 heterocycles. The van der Waals surface area contributed by atoms with Crippen molar-refractivity contribution in [2.45, 2.75) is 0 Å². The summed E-state index contributed by atoms with van der Waals surface area (Å²) in [7, 11) is 0. The molecule has 0 bridgehead atoms. The number of carbonyl (C=O) groups is 2. The van der Waals surface area contributed by atoms with Crippen molar-refractivity contribution in [3.05, 3.63) is 81.0 Å². The second kappa shape index (κ2) is 9.67. The van der Waals surface area contributed by atoms with Gasteiger partial charge in [0.25, 0.3) is 11.8 Å². The Hall–Kier alpha value is -2.71. The monoisotopic (exact) mass is 520 g/mol. The van der Waals surface area contributed by atoms with Crippen LogP contribution in [0.3, 0.4) is 0 Å². The molecule has 0 saturated carbocycles. The zero-order valence-electron chi connectivity index (χ0n) is 14.9. The summed E-state index contributed by atoms with van der Waals surface area (Å²) in [5.74, 6) is -0.890. The average molecular weight is 522 g/mol. The quantitative estimate of drug-likeness (QED) is 0.376. The number of hydrogen-bond acceptors (Lipinski definition) is 3. The van der Waals surface area contributed by atoms with Crippen molar-refractivity contribution < 1.29 is 18.7 Å². The zero-order chi connectivity index (χ0) is 20.8. The molecule has 3 aromatic rings. The van der Waals surface area contributed by atoms with Crippen LogP contribution in [-0.2, 0) is 9.59 Å². The van der Waals surface area contributed by atoms with E-state index in [1.54, 1.807) is 6.07 Å². The van der Waals surface area contributed by atoms with E-state index in [4.69, 9.17) is 4.74 Å². The van der Waals surface area contributed by atoms with Gasteiger partial charge in [-0.05, 0) is 68.7 Å². The minimum absolute atomic E-state index is 0.275. The van der Waals surface area contributed by atoms with E-state index < -0.39 is 11.8 Å². The van der Waals surface area contributed by atoms with E-state index in [2.05, 4.69) is 42.7 Å². The van der Waals surface area contributed by atoms with Crippen LogP contribution in [0.25, 0.3) is 16.8 Å². The fraction of sp³-hybridized carbons (Fsp3) is 0.0476. The Morgan fingerprint density at radius 1 is 1.00 bits per heavy atom. The predicted octanol–water partition coefficient (Wildman–Crippen LogP) is 4.74. The Balaban J connectivity index is 1.50. The van der Waals surface area contributed by atoms with E-state index in [0.717, 1.165) is 19.7 Å². The molecule has 0 aliphatic carbocycles. The molecule has 0 aliphatic rings. The lowest BCUT2D eigenvalue weighted by atomic mass is 10.1. The molecule has 0 aromatic heterocycles. The summed E-state index contributed by atoms with van der Waals surface area (Å²) >= 11 is 6.92. The van der Waals surface area contributed by atoms with E-state index in [1.807, 2.05) is 24.3 Å². The van der Waals surface area contributed by atoms with E-state index in [1.165, 1.54) is 36.4 Å². The van der Waals surface area contributed by atoms with Gasteiger partial charge >= 0.3 is 0 Å². The smallest absolute Gasteiger partial charge is 0.276 e. The zero-order valence-corrected chi connectivity index (χ0v) is 18.1. The summed E-state index contributed by atoms with van der Waals surface area (Å²) in [6, 6.07) is 15.1. The minimum atomic E-state index is -0.528. The Morgan fingerprint density at radius 3 is 2.52 bits per heavy atom. The van der Waals surface area contributed by atoms with Gasteiger partial charge in [0.2, 0.25) is 0 Å². The first kappa shape index (κ1) is 21.0. The molecule has 0 fully saturated rings. The van der Waals surface area contributed by atoms with Crippen LogP contribution in [0.1, 0.15) is 5.56 Å². The molecule has 0 unspecified atom stereocenters. The Kier molecular flexibility index (Phi) is 7.00. The van der Waals surface area contributed by atoms with Gasteiger partial charge in [-0.25, -0.2) is 4.39 Å². The first-order chi connectivity index (χ1) is 13.9. The minimum Gasteiger partial charge on any atom is -0.483 e. The molecular formula is C21H15Br2FN2O3. The summed E-state index contributed by atoms with van der Waals surface area (Å²) in [5.41, 5.74) is 5.18. The standard InChI is InChI=1S/C21H15Br2FN2O3/c22-15-5-8-17-14(11-15)4-9-18(21(17)23)29-12-20(28)26-25-19(27)10-3-13-1-6-16(24)7-2-13/h1-11H,12H2,(H,25,27)(H,26,28). The number of fused-ring (bicyclic) bond motifs is 1. The molecule has 3 aromatic carbocycles. The summed E-state index contributed by atoms with van der Waals surface area (Å²) in [5, 5.41) is 1.97. The molecule has 3 rings (SSSR count). The van der Waals surface area contributed by atoms with Gasteiger partial charge in [-0.1, -0.05) is 40.2 Å². The fourth-order valence-electron chi connectivity index (χ4n) is 2.45. The lowest BCUT2D eigenvalue weighted by Gasteiger charge is -2.11. The second-order valence-corrected chi connectivity index (χ2v) is 7.66.